The first-order chi connectivity index (χ1) is 11.4. The minimum atomic E-state index is -1.19. The van der Waals surface area contributed by atoms with Gasteiger partial charge in [-0.05, 0) is 37.3 Å². The summed E-state index contributed by atoms with van der Waals surface area (Å²) in [5.74, 6) is -2.94. The summed E-state index contributed by atoms with van der Waals surface area (Å²) in [6.45, 7) is 1.33. The van der Waals surface area contributed by atoms with Gasteiger partial charge in [0.1, 0.15) is 5.82 Å². The number of nitrogens with one attached hydrogen (secondary N) is 1. The molecule has 0 bridgehead atoms. The van der Waals surface area contributed by atoms with E-state index in [1.807, 2.05) is 0 Å². The van der Waals surface area contributed by atoms with Crippen LogP contribution < -0.4 is 10.1 Å². The Morgan fingerprint density at radius 3 is 2.42 bits per heavy atom. The average molecular weight is 335 g/mol. The van der Waals surface area contributed by atoms with Crippen LogP contribution in [-0.2, 0) is 9.53 Å². The highest BCUT2D eigenvalue weighted by Crippen LogP contribution is 2.19. The topological polar surface area (TPSA) is 64.6 Å². The van der Waals surface area contributed by atoms with Crippen LogP contribution in [0.25, 0.3) is 0 Å². The average Bonchev–Trinajstić information content (AvgIpc) is 2.56. The number of carbonyl (C=O) groups excluding carboxylic acids is 2. The molecule has 0 saturated carbocycles. The molecule has 1 amide bonds. The maximum atomic E-state index is 13.6. The minimum absolute atomic E-state index is 0.0168. The van der Waals surface area contributed by atoms with E-state index in [9.17, 15) is 18.4 Å². The summed E-state index contributed by atoms with van der Waals surface area (Å²) in [6, 6.07) is 9.12. The lowest BCUT2D eigenvalue weighted by Crippen LogP contribution is -2.30. The lowest BCUT2D eigenvalue weighted by molar-refractivity contribution is -0.123. The molecule has 5 nitrogen and oxygen atoms in total. The van der Waals surface area contributed by atoms with E-state index in [4.69, 9.17) is 9.47 Å². The lowest BCUT2D eigenvalue weighted by atomic mass is 10.2. The summed E-state index contributed by atoms with van der Waals surface area (Å²) in [4.78, 5) is 23.9. The van der Waals surface area contributed by atoms with Crippen molar-refractivity contribution in [3.05, 3.63) is 59.7 Å². The van der Waals surface area contributed by atoms with Crippen LogP contribution in [0.2, 0.25) is 0 Å². The van der Waals surface area contributed by atoms with Gasteiger partial charge in [0.25, 0.3) is 5.91 Å². The number of halogens is 2. The molecule has 1 atom stereocenters. The Labute approximate surface area is 137 Å². The predicted molar refractivity (Wildman–Crippen MR) is 82.9 cm³/mol. The highest BCUT2D eigenvalue weighted by Gasteiger charge is 2.20. The maximum Gasteiger partial charge on any atom is 0.339 e. The van der Waals surface area contributed by atoms with Crippen molar-refractivity contribution in [2.45, 2.75) is 13.0 Å². The normalized spacial score (nSPS) is 11.5. The number of methoxy groups -OCH3 is 1. The van der Waals surface area contributed by atoms with E-state index < -0.39 is 29.6 Å². The third-order valence-corrected chi connectivity index (χ3v) is 3.17. The molecular formula is C17H15F2NO4. The van der Waals surface area contributed by atoms with Crippen LogP contribution in [0.4, 0.5) is 14.5 Å². The van der Waals surface area contributed by atoms with E-state index in [1.165, 1.54) is 44.4 Å². The van der Waals surface area contributed by atoms with E-state index in [0.717, 1.165) is 6.07 Å². The van der Waals surface area contributed by atoms with Crippen LogP contribution in [0.15, 0.2) is 42.5 Å². The Morgan fingerprint density at radius 1 is 1.08 bits per heavy atom. The lowest BCUT2D eigenvalue weighted by Gasteiger charge is -2.14. The van der Waals surface area contributed by atoms with E-state index in [1.54, 1.807) is 6.07 Å². The standard InChI is InChI=1S/C17H15F2NO4/c1-10(16(21)20-14-6-4-3-5-12(14)18)24-17(22)11-7-8-15(23-2)13(19)9-11/h3-10H,1-2H3,(H,20,21)/t10-/m0/s1. The van der Waals surface area contributed by atoms with Crippen molar-refractivity contribution in [3.63, 3.8) is 0 Å². The number of esters is 1. The molecule has 0 heterocycles. The van der Waals surface area contributed by atoms with Crippen molar-refractivity contribution in [3.8, 4) is 5.75 Å². The molecule has 0 saturated heterocycles. The monoisotopic (exact) mass is 335 g/mol. The van der Waals surface area contributed by atoms with Gasteiger partial charge in [-0.2, -0.15) is 0 Å². The van der Waals surface area contributed by atoms with Gasteiger partial charge >= 0.3 is 5.97 Å². The summed E-state index contributed by atoms with van der Waals surface area (Å²) >= 11 is 0. The molecule has 24 heavy (non-hydrogen) atoms. The van der Waals surface area contributed by atoms with Gasteiger partial charge < -0.3 is 14.8 Å². The van der Waals surface area contributed by atoms with Crippen molar-refractivity contribution in [2.75, 3.05) is 12.4 Å². The Balaban J connectivity index is 2.02. The second-order valence-electron chi connectivity index (χ2n) is 4.87. The van der Waals surface area contributed by atoms with Gasteiger partial charge in [0.15, 0.2) is 17.7 Å². The van der Waals surface area contributed by atoms with Gasteiger partial charge in [-0.3, -0.25) is 4.79 Å². The fraction of sp³-hybridized carbons (Fsp3) is 0.176. The predicted octanol–water partition coefficient (Wildman–Crippen LogP) is 3.16. The zero-order chi connectivity index (χ0) is 17.7. The number of carbonyl (C=O) groups is 2. The highest BCUT2D eigenvalue weighted by molar-refractivity contribution is 5.97. The van der Waals surface area contributed by atoms with Crippen molar-refractivity contribution in [1.29, 1.82) is 0 Å². The molecule has 0 aliphatic carbocycles. The molecule has 2 aromatic carbocycles. The Kier molecular flexibility index (Phi) is 5.47. The third-order valence-electron chi connectivity index (χ3n) is 3.17. The van der Waals surface area contributed by atoms with E-state index >= 15 is 0 Å². The van der Waals surface area contributed by atoms with E-state index in [-0.39, 0.29) is 17.0 Å². The van der Waals surface area contributed by atoms with Crippen LogP contribution in [0.3, 0.4) is 0 Å². The molecule has 0 aliphatic rings. The number of hydrogen-bond donors (Lipinski definition) is 1. The largest absolute Gasteiger partial charge is 0.494 e. The summed E-state index contributed by atoms with van der Waals surface area (Å²) < 4.78 is 36.8. The van der Waals surface area contributed by atoms with Gasteiger partial charge in [-0.1, -0.05) is 12.1 Å². The minimum Gasteiger partial charge on any atom is -0.494 e. The van der Waals surface area contributed by atoms with Crippen LogP contribution in [0, 0.1) is 11.6 Å². The van der Waals surface area contributed by atoms with Crippen molar-refractivity contribution < 1.29 is 27.8 Å². The van der Waals surface area contributed by atoms with Gasteiger partial charge in [0.05, 0.1) is 18.4 Å². The number of rotatable bonds is 5. The molecule has 0 spiro atoms. The first-order valence-electron chi connectivity index (χ1n) is 7.02. The summed E-state index contributed by atoms with van der Waals surface area (Å²) in [5, 5.41) is 2.31. The highest BCUT2D eigenvalue weighted by atomic mass is 19.1. The summed E-state index contributed by atoms with van der Waals surface area (Å²) in [6.07, 6.45) is -1.19. The van der Waals surface area contributed by atoms with Gasteiger partial charge in [-0.25, -0.2) is 13.6 Å². The fourth-order valence-electron chi connectivity index (χ4n) is 1.87. The molecule has 0 unspecified atom stereocenters. The number of para-hydroxylation sites is 1. The first-order valence-corrected chi connectivity index (χ1v) is 7.02. The molecule has 0 aromatic heterocycles. The molecule has 0 aliphatic heterocycles. The van der Waals surface area contributed by atoms with Crippen LogP contribution in [0.1, 0.15) is 17.3 Å². The van der Waals surface area contributed by atoms with Crippen LogP contribution in [-0.4, -0.2) is 25.1 Å². The second-order valence-corrected chi connectivity index (χ2v) is 4.87. The van der Waals surface area contributed by atoms with Gasteiger partial charge in [0, 0.05) is 0 Å². The van der Waals surface area contributed by atoms with Gasteiger partial charge in [0.2, 0.25) is 0 Å². The molecule has 7 heteroatoms. The van der Waals surface area contributed by atoms with Crippen molar-refractivity contribution in [1.82, 2.24) is 0 Å². The summed E-state index contributed by atoms with van der Waals surface area (Å²) in [5.41, 5.74) is -0.0975. The first kappa shape index (κ1) is 17.4. The molecule has 2 aromatic rings. The van der Waals surface area contributed by atoms with Crippen LogP contribution >= 0.6 is 0 Å². The van der Waals surface area contributed by atoms with Crippen LogP contribution in [0.5, 0.6) is 5.75 Å². The third kappa shape index (κ3) is 4.07. The number of ether oxygens (including phenoxy) is 2. The maximum absolute atomic E-state index is 13.6. The molecule has 2 rings (SSSR count). The quantitative estimate of drug-likeness (QED) is 0.853. The van der Waals surface area contributed by atoms with E-state index in [2.05, 4.69) is 5.32 Å². The molecule has 1 N–H and O–H groups in total. The Hall–Kier alpha value is -2.96. The smallest absolute Gasteiger partial charge is 0.339 e. The molecule has 126 valence electrons. The SMILES string of the molecule is COc1ccc(C(=O)O[C@@H](C)C(=O)Nc2ccccc2F)cc1F. The zero-order valence-corrected chi connectivity index (χ0v) is 13.0. The molecule has 0 radical (unpaired) electrons. The zero-order valence-electron chi connectivity index (χ0n) is 13.0. The van der Waals surface area contributed by atoms with E-state index in [0.29, 0.717) is 0 Å². The van der Waals surface area contributed by atoms with Crippen molar-refractivity contribution >= 4 is 17.6 Å². The Morgan fingerprint density at radius 2 is 1.79 bits per heavy atom. The number of anilines is 1. The number of hydrogen-bond acceptors (Lipinski definition) is 4. The molecular weight excluding hydrogens is 320 g/mol. The van der Waals surface area contributed by atoms with Gasteiger partial charge in [-0.15, -0.1) is 0 Å². The second kappa shape index (κ2) is 7.54. The number of benzene rings is 2. The molecule has 0 fully saturated rings. The summed E-state index contributed by atoms with van der Waals surface area (Å²) in [7, 11) is 1.30. The Bertz CT molecular complexity index is 764. The fourth-order valence-corrected chi connectivity index (χ4v) is 1.87. The van der Waals surface area contributed by atoms with Crippen molar-refractivity contribution in [2.24, 2.45) is 0 Å². The number of amides is 1.